The first kappa shape index (κ1) is 35.9. The third-order valence-electron chi connectivity index (χ3n) is 2.78. The average molecular weight is 773 g/mol. The molecule has 3 heterocycles. The van der Waals surface area contributed by atoms with Gasteiger partial charge in [0.1, 0.15) is 4.88 Å². The van der Waals surface area contributed by atoms with E-state index in [-0.39, 0.29) is 54.5 Å². The summed E-state index contributed by atoms with van der Waals surface area (Å²) in [6.07, 6.45) is 0. The van der Waals surface area contributed by atoms with Crippen LogP contribution in [0, 0.1) is 40.5 Å². The van der Waals surface area contributed by atoms with Crippen LogP contribution in [0.15, 0.2) is 34.3 Å². The molecule has 1 N–H and O–H groups in total. The van der Waals surface area contributed by atoms with E-state index < -0.39 is 5.97 Å². The van der Waals surface area contributed by atoms with E-state index >= 15 is 0 Å². The van der Waals surface area contributed by atoms with E-state index in [9.17, 15) is 4.79 Å². The van der Waals surface area contributed by atoms with Gasteiger partial charge in [-0.05, 0) is 54.8 Å². The van der Waals surface area contributed by atoms with Gasteiger partial charge in [-0.1, -0.05) is 6.92 Å². The number of carboxylic acids is 1. The van der Waals surface area contributed by atoms with Crippen LogP contribution in [0.2, 0.25) is 0 Å². The van der Waals surface area contributed by atoms with Crippen LogP contribution in [-0.4, -0.2) is 34.1 Å². The third-order valence-corrected chi connectivity index (χ3v) is 5.44. The molecule has 148 valence electrons. The molecular weight excluding hydrogens is 749 g/mol. The largest absolute Gasteiger partial charge is 2.00 e. The molecule has 0 aliphatic rings. The van der Waals surface area contributed by atoms with E-state index in [1.165, 1.54) is 27.3 Å². The van der Waals surface area contributed by atoms with Crippen LogP contribution in [-0.2, 0) is 0 Å². The van der Waals surface area contributed by atoms with Crippen molar-refractivity contribution < 1.29 is 9.90 Å². The van der Waals surface area contributed by atoms with E-state index in [1.54, 1.807) is 41.0 Å². The number of aryl methyl sites for hydroxylation is 4. The molecule has 3 aromatic rings. The van der Waals surface area contributed by atoms with E-state index in [0.717, 1.165) is 5.56 Å². The van der Waals surface area contributed by atoms with Crippen LogP contribution in [0.4, 0.5) is 0 Å². The van der Waals surface area contributed by atoms with Gasteiger partial charge in [0, 0.05) is 42.1 Å². The summed E-state index contributed by atoms with van der Waals surface area (Å²) in [6.45, 7) is 8.10. The zero-order chi connectivity index (χ0) is 18.5. The Balaban J connectivity index is -0.000000135. The second-order valence-corrected chi connectivity index (χ2v) is 7.35. The number of aromatic carboxylic acids is 1. The number of thiophene rings is 3. The number of halogens is 3. The van der Waals surface area contributed by atoms with Gasteiger partial charge in [0.05, 0.1) is 0 Å². The van der Waals surface area contributed by atoms with Gasteiger partial charge in [-0.25, -0.2) is 10.9 Å². The standard InChI is InChI=1S/C6H6O2S.C6H8S.C5H5S.CH3.I2.HI.Mg/c1-4-2-3-9-5(4)6(7)8;1-5-3-4-7-6(5)2;1-5-2-3-6-4-5;;1-2;;/h2-3H,1H3,(H,7,8);3-4H,1-2H3;2-3H,1H3;1H3;;1H;/q;;2*-1;;;+2. The van der Waals surface area contributed by atoms with Crippen LogP contribution in [0.25, 0.3) is 0 Å². The molecule has 0 amide bonds. The first-order chi connectivity index (χ1) is 11.4. The molecule has 0 bridgehead atoms. The zero-order valence-corrected chi connectivity index (χ0v) is 26.4. The fraction of sp³-hybridized carbons (Fsp3) is 0.222. The van der Waals surface area contributed by atoms with Gasteiger partial charge < -0.3 is 23.9 Å². The molecule has 0 aliphatic heterocycles. The number of hydrogen-bond donors (Lipinski definition) is 1. The Morgan fingerprint density at radius 2 is 1.48 bits per heavy atom. The first-order valence-electron chi connectivity index (χ1n) is 6.76. The van der Waals surface area contributed by atoms with Crippen molar-refractivity contribution in [3.8, 4) is 0 Å². The second kappa shape index (κ2) is 22.2. The summed E-state index contributed by atoms with van der Waals surface area (Å²) in [5, 5.41) is 17.4. The Hall–Kier alpha value is 1.53. The topological polar surface area (TPSA) is 37.3 Å². The smallest absolute Gasteiger partial charge is 0.477 e. The van der Waals surface area contributed by atoms with Gasteiger partial charge in [0.2, 0.25) is 0 Å². The molecule has 9 heteroatoms. The fourth-order valence-electron chi connectivity index (χ4n) is 1.34. The maximum atomic E-state index is 10.3. The van der Waals surface area contributed by atoms with Crippen molar-refractivity contribution in [2.45, 2.75) is 27.7 Å². The Kier molecular flexibility index (Phi) is 29.6. The zero-order valence-electron chi connectivity index (χ0n) is 15.9. The maximum absolute atomic E-state index is 10.3. The van der Waals surface area contributed by atoms with Crippen molar-refractivity contribution in [1.82, 2.24) is 0 Å². The van der Waals surface area contributed by atoms with Gasteiger partial charge >= 0.3 is 29.0 Å². The molecule has 27 heavy (non-hydrogen) atoms. The fourth-order valence-corrected chi connectivity index (χ4v) is 3.42. The molecule has 3 aromatic heterocycles. The van der Waals surface area contributed by atoms with Crippen LogP contribution in [0.5, 0.6) is 0 Å². The summed E-state index contributed by atoms with van der Waals surface area (Å²) in [4.78, 5) is 12.2. The second-order valence-electron chi connectivity index (χ2n) is 4.60. The van der Waals surface area contributed by atoms with Crippen LogP contribution in [0.3, 0.4) is 0 Å². The predicted molar refractivity (Wildman–Crippen MR) is 153 cm³/mol. The summed E-state index contributed by atoms with van der Waals surface area (Å²) in [5.74, 6) is -0.831. The third kappa shape index (κ3) is 17.0. The molecule has 0 fully saturated rings. The van der Waals surface area contributed by atoms with Crippen LogP contribution >= 0.6 is 95.2 Å². The summed E-state index contributed by atoms with van der Waals surface area (Å²) in [7, 11) is 0. The molecule has 0 radical (unpaired) electrons. The van der Waals surface area contributed by atoms with Gasteiger partial charge in [-0.3, -0.25) is 0 Å². The van der Waals surface area contributed by atoms with Crippen molar-refractivity contribution in [3.05, 3.63) is 73.6 Å². The summed E-state index contributed by atoms with van der Waals surface area (Å²) >= 11 is 8.92. The number of rotatable bonds is 1. The van der Waals surface area contributed by atoms with Gasteiger partial charge in [0.15, 0.2) is 0 Å². The normalized spacial score (nSPS) is 7.78. The Morgan fingerprint density at radius 3 is 1.63 bits per heavy atom. The molecule has 0 saturated heterocycles. The number of hydrogen-bond acceptors (Lipinski definition) is 4. The predicted octanol–water partition coefficient (Wildman–Crippen LogP) is 8.44. The molecule has 0 spiro atoms. The van der Waals surface area contributed by atoms with Gasteiger partial charge in [-0.15, -0.1) is 52.0 Å². The average Bonchev–Trinajstić information content (AvgIpc) is 3.28. The summed E-state index contributed by atoms with van der Waals surface area (Å²) in [6, 6.07) is 5.98. The minimum atomic E-state index is -0.831. The van der Waals surface area contributed by atoms with Crippen LogP contribution < -0.4 is 0 Å². The molecule has 0 atom stereocenters. The van der Waals surface area contributed by atoms with E-state index in [1.807, 2.05) is 18.4 Å². The van der Waals surface area contributed by atoms with Gasteiger partial charge in [-0.2, -0.15) is 10.9 Å². The van der Waals surface area contributed by atoms with E-state index in [4.69, 9.17) is 5.11 Å². The minimum absolute atomic E-state index is 0. The maximum Gasteiger partial charge on any atom is 2.00 e. The Morgan fingerprint density at radius 1 is 0.963 bits per heavy atom. The van der Waals surface area contributed by atoms with E-state index in [0.29, 0.717) is 4.88 Å². The number of carboxylic acid groups (broad SMARTS) is 1. The van der Waals surface area contributed by atoms with Crippen molar-refractivity contribution in [2.75, 3.05) is 0 Å². The molecule has 0 aromatic carbocycles. The van der Waals surface area contributed by atoms with Crippen molar-refractivity contribution in [1.29, 1.82) is 0 Å². The molecule has 0 aliphatic carbocycles. The molecular formula is C18H23I3MgO2S3. The minimum Gasteiger partial charge on any atom is -0.477 e. The molecule has 3 rings (SSSR count). The Bertz CT molecular complexity index is 682. The SMILES string of the molecule is Cc1[c-]scc1.Cc1ccsc1C.Cc1ccsc1C(=O)O.I.II.[CH3-].[Mg+2]. The summed E-state index contributed by atoms with van der Waals surface area (Å²) in [5.41, 5.74) is 3.48. The van der Waals surface area contributed by atoms with Gasteiger partial charge in [0.25, 0.3) is 0 Å². The van der Waals surface area contributed by atoms with Crippen LogP contribution in [0.1, 0.15) is 31.2 Å². The Labute approximate surface area is 232 Å². The molecule has 0 unspecified atom stereocenters. The number of carbonyl (C=O) groups is 1. The molecule has 2 nitrogen and oxygen atoms in total. The van der Waals surface area contributed by atoms with Crippen molar-refractivity contribution >= 4 is 124 Å². The monoisotopic (exact) mass is 772 g/mol. The summed E-state index contributed by atoms with van der Waals surface area (Å²) < 4.78 is 0. The first-order valence-corrected chi connectivity index (χ1v) is 15.7. The van der Waals surface area contributed by atoms with E-state index in [2.05, 4.69) is 67.9 Å². The quantitative estimate of drug-likeness (QED) is 0.153. The van der Waals surface area contributed by atoms with Crippen molar-refractivity contribution in [3.63, 3.8) is 0 Å². The molecule has 0 saturated carbocycles. The van der Waals surface area contributed by atoms with Crippen molar-refractivity contribution in [2.24, 2.45) is 0 Å².